The fraction of sp³-hybridized carbons (Fsp3) is 0.350. The van der Waals surface area contributed by atoms with Gasteiger partial charge in [-0.1, -0.05) is 12.1 Å². The summed E-state index contributed by atoms with van der Waals surface area (Å²) in [6.45, 7) is 1.40. The Morgan fingerprint density at radius 1 is 1.07 bits per heavy atom. The third-order valence-electron chi connectivity index (χ3n) is 5.74. The quantitative estimate of drug-likeness (QED) is 0.518. The Bertz CT molecular complexity index is 1350. The van der Waals surface area contributed by atoms with Crippen LogP contribution in [0.5, 0.6) is 0 Å². The number of hydrogen-bond acceptors (Lipinski definition) is 6. The Morgan fingerprint density at radius 3 is 2.76 bits per heavy atom. The molecule has 0 N–H and O–H groups in total. The van der Waals surface area contributed by atoms with Crippen molar-refractivity contribution in [3.63, 3.8) is 0 Å². The monoisotopic (exact) mass is 391 g/mol. The molecule has 5 rings (SSSR count). The van der Waals surface area contributed by atoms with Gasteiger partial charge in [0.25, 0.3) is 11.1 Å². The fourth-order valence-corrected chi connectivity index (χ4v) is 4.15. The van der Waals surface area contributed by atoms with Gasteiger partial charge in [-0.2, -0.15) is 0 Å². The van der Waals surface area contributed by atoms with E-state index in [-0.39, 0.29) is 17.2 Å². The third kappa shape index (κ3) is 2.77. The van der Waals surface area contributed by atoms with Gasteiger partial charge in [0.05, 0.1) is 23.5 Å². The van der Waals surface area contributed by atoms with Crippen molar-refractivity contribution >= 4 is 16.6 Å². The smallest absolute Gasteiger partial charge is 0.295 e. The van der Waals surface area contributed by atoms with E-state index in [0.29, 0.717) is 28.9 Å². The number of fused-ring (bicyclic) bond motifs is 2. The summed E-state index contributed by atoms with van der Waals surface area (Å²) in [6, 6.07) is 7.45. The van der Waals surface area contributed by atoms with Crippen LogP contribution in [0.25, 0.3) is 16.6 Å². The Balaban J connectivity index is 1.54. The minimum Gasteiger partial charge on any atom is -0.314 e. The van der Waals surface area contributed by atoms with Crippen LogP contribution in [0.3, 0.4) is 0 Å². The van der Waals surface area contributed by atoms with Gasteiger partial charge in [0.1, 0.15) is 5.82 Å². The second kappa shape index (κ2) is 6.63. The van der Waals surface area contributed by atoms with Gasteiger partial charge in [0, 0.05) is 26.5 Å². The molecule has 29 heavy (non-hydrogen) atoms. The van der Waals surface area contributed by atoms with Gasteiger partial charge in [0.2, 0.25) is 5.65 Å². The fourth-order valence-electron chi connectivity index (χ4n) is 4.15. The van der Waals surface area contributed by atoms with E-state index in [1.54, 1.807) is 35.5 Å². The Kier molecular flexibility index (Phi) is 4.06. The number of nitrogens with zero attached hydrogens (tertiary/aromatic N) is 7. The number of likely N-dealkylation sites (tertiary alicyclic amines) is 1. The highest BCUT2D eigenvalue weighted by molar-refractivity contribution is 5.77. The lowest BCUT2D eigenvalue weighted by Crippen LogP contribution is -2.31. The van der Waals surface area contributed by atoms with Crippen molar-refractivity contribution in [2.45, 2.75) is 25.4 Å². The molecule has 0 saturated carbocycles. The molecule has 1 unspecified atom stereocenters. The van der Waals surface area contributed by atoms with E-state index in [1.165, 1.54) is 4.57 Å². The Morgan fingerprint density at radius 2 is 1.90 bits per heavy atom. The minimum absolute atomic E-state index is 0.0104. The molecule has 1 aromatic carbocycles. The van der Waals surface area contributed by atoms with Gasteiger partial charge < -0.3 is 4.57 Å². The lowest BCUT2D eigenvalue weighted by Gasteiger charge is -2.24. The van der Waals surface area contributed by atoms with E-state index in [1.807, 2.05) is 24.3 Å². The van der Waals surface area contributed by atoms with Crippen LogP contribution in [0.15, 0.2) is 46.2 Å². The average molecular weight is 391 g/mol. The van der Waals surface area contributed by atoms with E-state index in [0.717, 1.165) is 25.2 Å². The van der Waals surface area contributed by atoms with Crippen LogP contribution in [0.2, 0.25) is 0 Å². The number of para-hydroxylation sites is 1. The molecule has 148 valence electrons. The van der Waals surface area contributed by atoms with Crippen molar-refractivity contribution in [2.75, 3.05) is 6.54 Å². The predicted molar refractivity (Wildman–Crippen MR) is 108 cm³/mol. The maximum absolute atomic E-state index is 12.8. The van der Waals surface area contributed by atoms with Gasteiger partial charge in [0.15, 0.2) is 5.82 Å². The lowest BCUT2D eigenvalue weighted by molar-refractivity contribution is 0.228. The summed E-state index contributed by atoms with van der Waals surface area (Å²) in [5.74, 6) is 1.46. The van der Waals surface area contributed by atoms with E-state index in [2.05, 4.69) is 15.1 Å². The maximum atomic E-state index is 12.8. The molecule has 9 heteroatoms. The standard InChI is InChI=1S/C20H21N7O2/c1-24-10-11-27-16(22-23-18(27)20(24)29)12-26-9-5-8-15(26)17-21-14-7-4-3-6-13(14)19(28)25(17)2/h3-4,6-7,10-11,15H,5,8-9,12H2,1-2H3. The first-order chi connectivity index (χ1) is 14.0. The van der Waals surface area contributed by atoms with Crippen molar-refractivity contribution in [2.24, 2.45) is 14.1 Å². The lowest BCUT2D eigenvalue weighted by atomic mass is 10.1. The number of aromatic nitrogens is 6. The second-order valence-corrected chi connectivity index (χ2v) is 7.50. The molecule has 9 nitrogen and oxygen atoms in total. The molecular formula is C20H21N7O2. The predicted octanol–water partition coefficient (Wildman–Crippen LogP) is 1.01. The van der Waals surface area contributed by atoms with Crippen LogP contribution in [-0.4, -0.2) is 40.2 Å². The number of aryl methyl sites for hydroxylation is 1. The maximum Gasteiger partial charge on any atom is 0.295 e. The van der Waals surface area contributed by atoms with E-state index in [9.17, 15) is 9.59 Å². The van der Waals surface area contributed by atoms with E-state index < -0.39 is 0 Å². The summed E-state index contributed by atoms with van der Waals surface area (Å²) >= 11 is 0. The molecular weight excluding hydrogens is 370 g/mol. The summed E-state index contributed by atoms with van der Waals surface area (Å²) in [5, 5.41) is 8.95. The topological polar surface area (TPSA) is 90.3 Å². The summed E-state index contributed by atoms with van der Waals surface area (Å²) in [6.07, 6.45) is 5.43. The van der Waals surface area contributed by atoms with Gasteiger partial charge >= 0.3 is 0 Å². The molecule has 4 aromatic rings. The van der Waals surface area contributed by atoms with Gasteiger partial charge in [-0.05, 0) is 31.5 Å². The molecule has 1 aliphatic heterocycles. The molecule has 0 bridgehead atoms. The normalized spacial score (nSPS) is 17.5. The minimum atomic E-state index is -0.178. The van der Waals surface area contributed by atoms with Gasteiger partial charge in [-0.25, -0.2) is 4.98 Å². The Labute approximate surface area is 165 Å². The molecule has 4 heterocycles. The summed E-state index contributed by atoms with van der Waals surface area (Å²) in [7, 11) is 3.48. The van der Waals surface area contributed by atoms with Crippen LogP contribution in [0, 0.1) is 0 Å². The zero-order valence-electron chi connectivity index (χ0n) is 16.3. The Hall–Kier alpha value is -3.33. The second-order valence-electron chi connectivity index (χ2n) is 7.50. The number of hydrogen-bond donors (Lipinski definition) is 0. The molecule has 1 aliphatic rings. The van der Waals surface area contributed by atoms with Crippen molar-refractivity contribution in [3.8, 4) is 0 Å². The number of benzene rings is 1. The molecule has 3 aromatic heterocycles. The molecule has 0 amide bonds. The number of rotatable bonds is 3. The highest BCUT2D eigenvalue weighted by atomic mass is 16.1. The molecule has 0 aliphatic carbocycles. The highest BCUT2D eigenvalue weighted by Crippen LogP contribution is 2.31. The molecule has 1 saturated heterocycles. The largest absolute Gasteiger partial charge is 0.314 e. The first-order valence-corrected chi connectivity index (χ1v) is 9.63. The van der Waals surface area contributed by atoms with Crippen LogP contribution in [0.4, 0.5) is 0 Å². The molecule has 1 fully saturated rings. The summed E-state index contributed by atoms with van der Waals surface area (Å²) in [5.41, 5.74) is 0.822. The average Bonchev–Trinajstić information content (AvgIpc) is 3.35. The van der Waals surface area contributed by atoms with Crippen LogP contribution in [0.1, 0.15) is 30.5 Å². The molecule has 0 spiro atoms. The summed E-state index contributed by atoms with van der Waals surface area (Å²) < 4.78 is 4.88. The first-order valence-electron chi connectivity index (χ1n) is 9.63. The van der Waals surface area contributed by atoms with E-state index in [4.69, 9.17) is 4.98 Å². The van der Waals surface area contributed by atoms with Crippen LogP contribution < -0.4 is 11.1 Å². The zero-order valence-corrected chi connectivity index (χ0v) is 16.3. The van der Waals surface area contributed by atoms with Crippen molar-refractivity contribution in [1.29, 1.82) is 0 Å². The van der Waals surface area contributed by atoms with Crippen LogP contribution >= 0.6 is 0 Å². The summed E-state index contributed by atoms with van der Waals surface area (Å²) in [4.78, 5) is 32.1. The first kappa shape index (κ1) is 17.7. The van der Waals surface area contributed by atoms with Crippen molar-refractivity contribution in [3.05, 3.63) is 69.0 Å². The zero-order chi connectivity index (χ0) is 20.1. The van der Waals surface area contributed by atoms with E-state index >= 15 is 0 Å². The van der Waals surface area contributed by atoms with Crippen molar-refractivity contribution in [1.82, 2.24) is 33.6 Å². The van der Waals surface area contributed by atoms with Gasteiger partial charge in [-0.15, -0.1) is 10.2 Å². The molecule has 1 atom stereocenters. The highest BCUT2D eigenvalue weighted by Gasteiger charge is 2.30. The third-order valence-corrected chi connectivity index (χ3v) is 5.74. The van der Waals surface area contributed by atoms with Crippen LogP contribution in [-0.2, 0) is 20.6 Å². The molecule has 0 radical (unpaired) electrons. The van der Waals surface area contributed by atoms with Gasteiger partial charge in [-0.3, -0.25) is 23.5 Å². The van der Waals surface area contributed by atoms with Crippen molar-refractivity contribution < 1.29 is 0 Å². The SMILES string of the molecule is Cn1ccn2c(CN3CCCC3c3nc4ccccc4c(=O)n3C)nnc2c1=O.